The molecule has 0 spiro atoms. The monoisotopic (exact) mass is 461 g/mol. The van der Waals surface area contributed by atoms with Crippen LogP contribution in [-0.4, -0.2) is 49.5 Å². The molecule has 1 amide bonds. The van der Waals surface area contributed by atoms with E-state index in [-0.39, 0.29) is 12.1 Å². The molecule has 1 saturated heterocycles. The third-order valence-corrected chi connectivity index (χ3v) is 5.49. The summed E-state index contributed by atoms with van der Waals surface area (Å²) < 4.78 is 46.0. The Balaban J connectivity index is 1.57. The normalized spacial score (nSPS) is 16.8. The highest BCUT2D eigenvalue weighted by Gasteiger charge is 2.34. The molecule has 1 aliphatic rings. The van der Waals surface area contributed by atoms with Gasteiger partial charge < -0.3 is 14.2 Å². The van der Waals surface area contributed by atoms with E-state index in [4.69, 9.17) is 4.74 Å². The van der Waals surface area contributed by atoms with Crippen LogP contribution in [-0.2, 0) is 12.7 Å². The molecular weight excluding hydrogens is 439 g/mol. The van der Waals surface area contributed by atoms with Crippen molar-refractivity contribution < 1.29 is 22.7 Å². The van der Waals surface area contributed by atoms with Gasteiger partial charge in [0.15, 0.2) is 5.69 Å². The molecule has 0 N–H and O–H groups in total. The SMILES string of the molecule is CCn1cc(C(=O)N2CCCC(Oc3nccc(C(F)(F)F)n3)C2)c(=O)c2ccc(C)nc21. The van der Waals surface area contributed by atoms with Gasteiger partial charge in [0.2, 0.25) is 5.43 Å². The zero-order valence-electron chi connectivity index (χ0n) is 18.1. The smallest absolute Gasteiger partial charge is 0.433 e. The van der Waals surface area contributed by atoms with Gasteiger partial charge in [0.25, 0.3) is 5.91 Å². The topological polar surface area (TPSA) is 90.2 Å². The Bertz CT molecular complexity index is 1260. The summed E-state index contributed by atoms with van der Waals surface area (Å²) in [6, 6.07) is 3.75. The van der Waals surface area contributed by atoms with Crippen molar-refractivity contribution >= 4 is 16.9 Å². The number of halogens is 3. The van der Waals surface area contributed by atoms with Crippen LogP contribution in [0.1, 0.15) is 41.5 Å². The molecule has 0 saturated carbocycles. The van der Waals surface area contributed by atoms with Crippen molar-refractivity contribution in [2.45, 2.75) is 45.5 Å². The molecule has 0 aromatic carbocycles. The molecule has 3 aromatic rings. The third-order valence-electron chi connectivity index (χ3n) is 5.49. The maximum absolute atomic E-state index is 13.2. The molecule has 33 heavy (non-hydrogen) atoms. The number of fused-ring (bicyclic) bond motifs is 1. The number of amides is 1. The van der Waals surface area contributed by atoms with Crippen LogP contribution in [0.25, 0.3) is 11.0 Å². The van der Waals surface area contributed by atoms with Crippen molar-refractivity contribution in [2.75, 3.05) is 13.1 Å². The van der Waals surface area contributed by atoms with Crippen LogP contribution in [0.3, 0.4) is 0 Å². The molecule has 1 unspecified atom stereocenters. The van der Waals surface area contributed by atoms with E-state index in [0.29, 0.717) is 37.0 Å². The quantitative estimate of drug-likeness (QED) is 0.593. The van der Waals surface area contributed by atoms with E-state index in [2.05, 4.69) is 15.0 Å². The van der Waals surface area contributed by atoms with Crippen molar-refractivity contribution in [3.05, 3.63) is 57.8 Å². The molecule has 174 valence electrons. The fraction of sp³-hybridized carbons (Fsp3) is 0.409. The molecule has 4 rings (SSSR count). The lowest BCUT2D eigenvalue weighted by Crippen LogP contribution is -2.45. The maximum atomic E-state index is 13.2. The zero-order chi connectivity index (χ0) is 23.8. The Morgan fingerprint density at radius 1 is 1.24 bits per heavy atom. The van der Waals surface area contributed by atoms with Crippen molar-refractivity contribution in [2.24, 2.45) is 0 Å². The number of aryl methyl sites for hydroxylation is 2. The summed E-state index contributed by atoms with van der Waals surface area (Å²) in [5.41, 5.74) is -0.213. The van der Waals surface area contributed by atoms with Gasteiger partial charge in [-0.1, -0.05) is 0 Å². The summed E-state index contributed by atoms with van der Waals surface area (Å²) in [6.45, 7) is 4.74. The van der Waals surface area contributed by atoms with E-state index in [1.807, 2.05) is 13.8 Å². The molecule has 3 aromatic heterocycles. The second-order valence-corrected chi connectivity index (χ2v) is 7.84. The van der Waals surface area contributed by atoms with Crippen molar-refractivity contribution in [3.63, 3.8) is 0 Å². The fourth-order valence-corrected chi connectivity index (χ4v) is 3.85. The highest BCUT2D eigenvalue weighted by atomic mass is 19.4. The second kappa shape index (κ2) is 8.80. The maximum Gasteiger partial charge on any atom is 0.433 e. The van der Waals surface area contributed by atoms with Crippen molar-refractivity contribution in [1.29, 1.82) is 0 Å². The minimum Gasteiger partial charge on any atom is -0.458 e. The Morgan fingerprint density at radius 2 is 2.03 bits per heavy atom. The number of carbonyl (C=O) groups excluding carboxylic acids is 1. The zero-order valence-corrected chi connectivity index (χ0v) is 18.1. The highest BCUT2D eigenvalue weighted by Crippen LogP contribution is 2.28. The van der Waals surface area contributed by atoms with Crippen LogP contribution in [0.5, 0.6) is 6.01 Å². The summed E-state index contributed by atoms with van der Waals surface area (Å²) >= 11 is 0. The van der Waals surface area contributed by atoms with E-state index in [1.54, 1.807) is 16.7 Å². The average molecular weight is 461 g/mol. The number of likely N-dealkylation sites (tertiary alicyclic amines) is 1. The van der Waals surface area contributed by atoms with Gasteiger partial charge in [-0.15, -0.1) is 0 Å². The van der Waals surface area contributed by atoms with Gasteiger partial charge in [-0.25, -0.2) is 9.97 Å². The Hall–Kier alpha value is -3.50. The number of hydrogen-bond acceptors (Lipinski definition) is 6. The van der Waals surface area contributed by atoms with E-state index in [1.165, 1.54) is 11.1 Å². The standard InChI is InChI=1S/C22H22F3N5O3/c1-3-29-12-16(18(31)15-7-6-13(2)27-19(15)29)20(32)30-10-4-5-14(11-30)33-21-26-9-8-17(28-21)22(23,24)25/h6-9,12,14H,3-5,10-11H2,1-2H3. The van der Waals surface area contributed by atoms with Gasteiger partial charge >= 0.3 is 12.2 Å². The Kier molecular flexibility index (Phi) is 6.05. The minimum atomic E-state index is -4.61. The van der Waals surface area contributed by atoms with Gasteiger partial charge in [0, 0.05) is 31.2 Å². The second-order valence-electron chi connectivity index (χ2n) is 7.84. The van der Waals surface area contributed by atoms with Gasteiger partial charge in [-0.2, -0.15) is 18.2 Å². The number of rotatable bonds is 4. The highest BCUT2D eigenvalue weighted by molar-refractivity contribution is 5.97. The summed E-state index contributed by atoms with van der Waals surface area (Å²) in [5, 5.41) is 0.357. The van der Waals surface area contributed by atoms with Crippen molar-refractivity contribution in [1.82, 2.24) is 24.4 Å². The summed E-state index contributed by atoms with van der Waals surface area (Å²) in [5.74, 6) is -0.456. The van der Waals surface area contributed by atoms with Crippen molar-refractivity contribution in [3.8, 4) is 6.01 Å². The number of nitrogens with zero attached hydrogens (tertiary/aromatic N) is 5. The van der Waals surface area contributed by atoms with E-state index >= 15 is 0 Å². The third kappa shape index (κ3) is 4.67. The minimum absolute atomic E-state index is 0.0194. The Morgan fingerprint density at radius 3 is 2.76 bits per heavy atom. The van der Waals surface area contributed by atoms with Crippen LogP contribution in [0.2, 0.25) is 0 Å². The van der Waals surface area contributed by atoms with Gasteiger partial charge in [0.1, 0.15) is 17.3 Å². The van der Waals surface area contributed by atoms with E-state index in [0.717, 1.165) is 18.0 Å². The first-order valence-corrected chi connectivity index (χ1v) is 10.5. The number of carbonyl (C=O) groups is 1. The van der Waals surface area contributed by atoms with Crippen LogP contribution in [0.4, 0.5) is 13.2 Å². The lowest BCUT2D eigenvalue weighted by atomic mass is 10.1. The van der Waals surface area contributed by atoms with Gasteiger partial charge in [0.05, 0.1) is 11.9 Å². The van der Waals surface area contributed by atoms with E-state index in [9.17, 15) is 22.8 Å². The first-order chi connectivity index (χ1) is 15.7. The molecule has 1 atom stereocenters. The fourth-order valence-electron chi connectivity index (χ4n) is 3.85. The summed E-state index contributed by atoms with van der Waals surface area (Å²) in [6.07, 6.45) is -1.63. The first-order valence-electron chi connectivity index (χ1n) is 10.5. The molecule has 0 aliphatic carbocycles. The molecular formula is C22H22F3N5O3. The molecule has 1 aliphatic heterocycles. The number of ether oxygens (including phenoxy) is 1. The molecule has 1 fully saturated rings. The number of aromatic nitrogens is 4. The van der Waals surface area contributed by atoms with Crippen LogP contribution >= 0.6 is 0 Å². The first kappa shape index (κ1) is 22.7. The number of piperidine rings is 1. The lowest BCUT2D eigenvalue weighted by Gasteiger charge is -2.32. The van der Waals surface area contributed by atoms with Crippen LogP contribution < -0.4 is 10.2 Å². The summed E-state index contributed by atoms with van der Waals surface area (Å²) in [4.78, 5) is 39.4. The molecule has 11 heteroatoms. The van der Waals surface area contributed by atoms with Crippen LogP contribution in [0.15, 0.2) is 35.4 Å². The molecule has 0 radical (unpaired) electrons. The molecule has 4 heterocycles. The number of alkyl halides is 3. The Labute approximate surface area is 187 Å². The molecule has 8 nitrogen and oxygen atoms in total. The largest absolute Gasteiger partial charge is 0.458 e. The predicted octanol–water partition coefficient (Wildman–Crippen LogP) is 3.22. The number of pyridine rings is 2. The van der Waals surface area contributed by atoms with E-state index < -0.39 is 35.3 Å². The number of hydrogen-bond donors (Lipinski definition) is 0. The van der Waals surface area contributed by atoms with Gasteiger partial charge in [-0.05, 0) is 44.9 Å². The van der Waals surface area contributed by atoms with Gasteiger partial charge in [-0.3, -0.25) is 9.59 Å². The van der Waals surface area contributed by atoms with Crippen LogP contribution in [0, 0.1) is 6.92 Å². The predicted molar refractivity (Wildman–Crippen MR) is 113 cm³/mol. The lowest BCUT2D eigenvalue weighted by molar-refractivity contribution is -0.141. The summed E-state index contributed by atoms with van der Waals surface area (Å²) in [7, 11) is 0. The average Bonchev–Trinajstić information content (AvgIpc) is 2.79. The molecule has 0 bridgehead atoms.